The number of halogens is 2. The first-order valence-corrected chi connectivity index (χ1v) is 8.16. The predicted octanol–water partition coefficient (Wildman–Crippen LogP) is 4.28. The second kappa shape index (κ2) is 7.86. The number of carbonyl (C=O) groups is 1. The summed E-state index contributed by atoms with van der Waals surface area (Å²) in [5.74, 6) is -0.337. The number of carbonyl (C=O) groups excluding carboxylic acids is 1. The van der Waals surface area contributed by atoms with Gasteiger partial charge in [0.15, 0.2) is 0 Å². The van der Waals surface area contributed by atoms with Crippen molar-refractivity contribution in [1.29, 1.82) is 0 Å². The normalized spacial score (nSPS) is 10.7. The van der Waals surface area contributed by atoms with Crippen LogP contribution in [0, 0.1) is 18.6 Å². The summed E-state index contributed by atoms with van der Waals surface area (Å²) in [4.78, 5) is 16.2. The first-order valence-electron chi connectivity index (χ1n) is 8.16. The van der Waals surface area contributed by atoms with Gasteiger partial charge in [0.25, 0.3) is 0 Å². The van der Waals surface area contributed by atoms with Gasteiger partial charge in [-0.2, -0.15) is 4.98 Å². The van der Waals surface area contributed by atoms with Crippen LogP contribution in [0.2, 0.25) is 0 Å². The Morgan fingerprint density at radius 3 is 2.69 bits per heavy atom. The molecule has 3 rings (SSSR count). The maximum atomic E-state index is 13.6. The van der Waals surface area contributed by atoms with Gasteiger partial charge in [-0.15, -0.1) is 0 Å². The van der Waals surface area contributed by atoms with Gasteiger partial charge in [-0.05, 0) is 55.3 Å². The van der Waals surface area contributed by atoms with Gasteiger partial charge in [0.05, 0.1) is 5.69 Å². The quantitative estimate of drug-likeness (QED) is 0.715. The molecule has 0 aliphatic heterocycles. The molecular weight excluding hydrogens is 340 g/mol. The van der Waals surface area contributed by atoms with Gasteiger partial charge in [0.1, 0.15) is 11.6 Å². The van der Waals surface area contributed by atoms with Crippen LogP contribution in [0.1, 0.15) is 24.3 Å². The zero-order valence-electron chi connectivity index (χ0n) is 14.1. The van der Waals surface area contributed by atoms with Gasteiger partial charge in [-0.1, -0.05) is 11.2 Å². The van der Waals surface area contributed by atoms with E-state index in [1.165, 1.54) is 18.2 Å². The minimum Gasteiger partial charge on any atom is -0.339 e. The first-order chi connectivity index (χ1) is 12.5. The van der Waals surface area contributed by atoms with Crippen molar-refractivity contribution in [2.24, 2.45) is 0 Å². The molecule has 134 valence electrons. The van der Waals surface area contributed by atoms with Crippen LogP contribution in [0.3, 0.4) is 0 Å². The minimum atomic E-state index is -0.468. The third-order valence-corrected chi connectivity index (χ3v) is 3.76. The van der Waals surface area contributed by atoms with Crippen LogP contribution in [0.25, 0.3) is 11.4 Å². The molecule has 1 heterocycles. The molecule has 0 radical (unpaired) electrons. The second-order valence-electron chi connectivity index (χ2n) is 5.90. The number of hydrogen-bond donors (Lipinski definition) is 1. The van der Waals surface area contributed by atoms with Crippen molar-refractivity contribution >= 4 is 11.6 Å². The average Bonchev–Trinajstić information content (AvgIpc) is 3.08. The summed E-state index contributed by atoms with van der Waals surface area (Å²) < 4.78 is 31.7. The number of benzene rings is 2. The summed E-state index contributed by atoms with van der Waals surface area (Å²) >= 11 is 0. The van der Waals surface area contributed by atoms with E-state index in [2.05, 4.69) is 15.5 Å². The highest BCUT2D eigenvalue weighted by molar-refractivity contribution is 5.90. The lowest BCUT2D eigenvalue weighted by Crippen LogP contribution is -2.12. The highest BCUT2D eigenvalue weighted by atomic mass is 19.1. The van der Waals surface area contributed by atoms with E-state index in [0.29, 0.717) is 30.1 Å². The van der Waals surface area contributed by atoms with Gasteiger partial charge in [0.2, 0.25) is 17.6 Å². The monoisotopic (exact) mass is 357 g/mol. The molecular formula is C19H17F2N3O2. The Labute approximate surface area is 149 Å². The largest absolute Gasteiger partial charge is 0.339 e. The van der Waals surface area contributed by atoms with Crippen LogP contribution < -0.4 is 5.32 Å². The molecule has 2 aromatic carbocycles. The number of hydrogen-bond acceptors (Lipinski definition) is 4. The molecule has 1 aromatic heterocycles. The van der Waals surface area contributed by atoms with Gasteiger partial charge in [-0.3, -0.25) is 4.79 Å². The van der Waals surface area contributed by atoms with Gasteiger partial charge >= 0.3 is 0 Å². The van der Waals surface area contributed by atoms with Crippen molar-refractivity contribution in [2.45, 2.75) is 26.2 Å². The lowest BCUT2D eigenvalue weighted by Gasteiger charge is -2.06. The molecule has 1 N–H and O–H groups in total. The van der Waals surface area contributed by atoms with Crippen molar-refractivity contribution in [3.05, 3.63) is 65.6 Å². The molecule has 26 heavy (non-hydrogen) atoms. The summed E-state index contributed by atoms with van der Waals surface area (Å²) in [6.45, 7) is 1.82. The fourth-order valence-corrected chi connectivity index (χ4v) is 2.42. The lowest BCUT2D eigenvalue weighted by molar-refractivity contribution is -0.116. The number of aryl methyl sites for hydroxylation is 2. The molecule has 0 saturated heterocycles. The Bertz CT molecular complexity index is 907. The van der Waals surface area contributed by atoms with Crippen LogP contribution in [0.15, 0.2) is 47.0 Å². The van der Waals surface area contributed by atoms with Crippen molar-refractivity contribution in [2.75, 3.05) is 5.32 Å². The van der Waals surface area contributed by atoms with E-state index in [1.54, 1.807) is 24.3 Å². The molecule has 1 amide bonds. The maximum Gasteiger partial charge on any atom is 0.226 e. The van der Waals surface area contributed by atoms with E-state index in [-0.39, 0.29) is 23.8 Å². The fourth-order valence-electron chi connectivity index (χ4n) is 2.42. The minimum absolute atomic E-state index is 0.173. The van der Waals surface area contributed by atoms with E-state index in [4.69, 9.17) is 4.52 Å². The number of aromatic nitrogens is 2. The molecule has 0 spiro atoms. The van der Waals surface area contributed by atoms with Crippen molar-refractivity contribution < 1.29 is 18.1 Å². The van der Waals surface area contributed by atoms with E-state index in [1.807, 2.05) is 6.92 Å². The highest BCUT2D eigenvalue weighted by Gasteiger charge is 2.11. The predicted molar refractivity (Wildman–Crippen MR) is 92.4 cm³/mol. The number of nitrogens with one attached hydrogen (secondary N) is 1. The van der Waals surface area contributed by atoms with Crippen molar-refractivity contribution in [1.82, 2.24) is 10.1 Å². The number of nitrogens with zero attached hydrogens (tertiary/aromatic N) is 2. The van der Waals surface area contributed by atoms with E-state index in [0.717, 1.165) is 5.56 Å². The molecule has 0 atom stereocenters. The zero-order valence-corrected chi connectivity index (χ0v) is 14.1. The van der Waals surface area contributed by atoms with Crippen LogP contribution in [0.4, 0.5) is 14.5 Å². The number of amides is 1. The zero-order chi connectivity index (χ0) is 18.5. The third kappa shape index (κ3) is 4.50. The van der Waals surface area contributed by atoms with Gasteiger partial charge in [0, 0.05) is 18.4 Å². The van der Waals surface area contributed by atoms with Crippen molar-refractivity contribution in [3.8, 4) is 11.4 Å². The summed E-state index contributed by atoms with van der Waals surface area (Å²) in [7, 11) is 0. The molecule has 5 nitrogen and oxygen atoms in total. The van der Waals surface area contributed by atoms with Crippen LogP contribution in [-0.2, 0) is 11.2 Å². The van der Waals surface area contributed by atoms with Crippen LogP contribution >= 0.6 is 0 Å². The Balaban J connectivity index is 1.51. The van der Waals surface area contributed by atoms with Gasteiger partial charge < -0.3 is 9.84 Å². The Morgan fingerprint density at radius 1 is 1.15 bits per heavy atom. The smallest absolute Gasteiger partial charge is 0.226 e. The summed E-state index contributed by atoms with van der Waals surface area (Å²) in [6, 6.07) is 10.3. The molecule has 0 aliphatic carbocycles. The lowest BCUT2D eigenvalue weighted by atomic mass is 10.2. The summed E-state index contributed by atoms with van der Waals surface area (Å²) in [6.07, 6.45) is 1.09. The molecule has 0 unspecified atom stereocenters. The topological polar surface area (TPSA) is 68.0 Å². The molecule has 0 fully saturated rings. The Hall–Kier alpha value is -3.09. The maximum absolute atomic E-state index is 13.6. The van der Waals surface area contributed by atoms with Crippen LogP contribution in [0.5, 0.6) is 0 Å². The molecule has 3 aromatic rings. The molecule has 0 bridgehead atoms. The molecule has 0 aliphatic rings. The average molecular weight is 357 g/mol. The van der Waals surface area contributed by atoms with E-state index < -0.39 is 5.82 Å². The Kier molecular flexibility index (Phi) is 5.36. The summed E-state index contributed by atoms with van der Waals surface area (Å²) in [5, 5.41) is 6.40. The highest BCUT2D eigenvalue weighted by Crippen LogP contribution is 2.18. The van der Waals surface area contributed by atoms with Crippen LogP contribution in [-0.4, -0.2) is 16.0 Å². The SMILES string of the molecule is Cc1ccc(F)c(NC(=O)CCCc2nc(-c3ccc(F)cc3)no2)c1. The Morgan fingerprint density at radius 2 is 1.92 bits per heavy atom. The van der Waals surface area contributed by atoms with E-state index >= 15 is 0 Å². The first kappa shape index (κ1) is 17.7. The van der Waals surface area contributed by atoms with Crippen molar-refractivity contribution in [3.63, 3.8) is 0 Å². The molecule has 0 saturated carbocycles. The fraction of sp³-hybridized carbons (Fsp3) is 0.211. The van der Waals surface area contributed by atoms with Gasteiger partial charge in [-0.25, -0.2) is 8.78 Å². The summed E-state index contributed by atoms with van der Waals surface area (Å²) in [5.41, 5.74) is 1.68. The van der Waals surface area contributed by atoms with E-state index in [9.17, 15) is 13.6 Å². The second-order valence-corrected chi connectivity index (χ2v) is 5.90. The third-order valence-electron chi connectivity index (χ3n) is 3.76. The number of rotatable bonds is 6. The standard InChI is InChI=1S/C19H17F2N3O2/c1-12-5-10-15(21)16(11-12)22-17(25)3-2-4-18-23-19(24-26-18)13-6-8-14(20)9-7-13/h5-11H,2-4H2,1H3,(H,22,25). The number of anilines is 1. The molecule has 7 heteroatoms.